The number of carbonyl (C=O) groups excluding carboxylic acids is 1. The van der Waals surface area contributed by atoms with Crippen molar-refractivity contribution in [3.8, 4) is 11.5 Å². The van der Waals surface area contributed by atoms with E-state index in [0.717, 1.165) is 0 Å². The Labute approximate surface area is 175 Å². The highest BCUT2D eigenvalue weighted by atomic mass is 32.2. The van der Waals surface area contributed by atoms with Crippen molar-refractivity contribution in [3.05, 3.63) is 42.5 Å². The Kier molecular flexibility index (Phi) is 5.80. The largest absolute Gasteiger partial charge is 0.454 e. The number of ether oxygens (including phenoxy) is 3. The molecule has 2 N–H and O–H groups in total. The Hall–Kier alpha value is -2.82. The predicted octanol–water partition coefficient (Wildman–Crippen LogP) is 1.88. The maximum atomic E-state index is 12.8. The third-order valence-electron chi connectivity index (χ3n) is 4.86. The van der Waals surface area contributed by atoms with E-state index in [9.17, 15) is 13.2 Å². The summed E-state index contributed by atoms with van der Waals surface area (Å²) < 4.78 is 42.9. The summed E-state index contributed by atoms with van der Waals surface area (Å²) >= 11 is 0. The van der Waals surface area contributed by atoms with E-state index in [1.54, 1.807) is 37.3 Å². The molecule has 1 fully saturated rings. The number of fused-ring (bicyclic) bond motifs is 1. The summed E-state index contributed by atoms with van der Waals surface area (Å²) in [6, 6.07) is 11.0. The van der Waals surface area contributed by atoms with Gasteiger partial charge in [-0.15, -0.1) is 0 Å². The Balaban J connectivity index is 1.42. The average Bonchev–Trinajstić information content (AvgIpc) is 3.22. The Morgan fingerprint density at radius 3 is 2.60 bits per heavy atom. The number of rotatable bonds is 6. The molecule has 2 aliphatic rings. The van der Waals surface area contributed by atoms with Gasteiger partial charge in [-0.2, -0.15) is 4.31 Å². The van der Waals surface area contributed by atoms with E-state index in [2.05, 4.69) is 10.6 Å². The van der Waals surface area contributed by atoms with Crippen LogP contribution < -0.4 is 20.1 Å². The third kappa shape index (κ3) is 4.35. The lowest BCUT2D eigenvalue weighted by Crippen LogP contribution is -2.40. The lowest BCUT2D eigenvalue weighted by atomic mass is 10.2. The van der Waals surface area contributed by atoms with Crippen molar-refractivity contribution >= 4 is 27.3 Å². The highest BCUT2D eigenvalue weighted by Crippen LogP contribution is 2.34. The number of nitrogens with one attached hydrogen (secondary N) is 2. The molecule has 0 spiro atoms. The smallest absolute Gasteiger partial charge is 0.246 e. The van der Waals surface area contributed by atoms with Crippen LogP contribution in [0.25, 0.3) is 0 Å². The molecule has 0 radical (unpaired) electrons. The van der Waals surface area contributed by atoms with Crippen LogP contribution in [0.2, 0.25) is 0 Å². The van der Waals surface area contributed by atoms with Crippen LogP contribution in [0, 0.1) is 0 Å². The van der Waals surface area contributed by atoms with Crippen molar-refractivity contribution < 1.29 is 27.4 Å². The monoisotopic (exact) mass is 433 g/mol. The van der Waals surface area contributed by atoms with Crippen molar-refractivity contribution in [1.82, 2.24) is 4.31 Å². The van der Waals surface area contributed by atoms with Gasteiger partial charge in [-0.1, -0.05) is 6.07 Å². The number of morpholine rings is 1. The molecular weight excluding hydrogens is 410 g/mol. The standard InChI is InChI=1S/C20H23N3O6S/c1-14(21-16-5-6-18-19(12-16)29-13-28-18)20(24)22-15-3-2-4-17(11-15)30(25,26)23-7-9-27-10-8-23/h2-6,11-12,14,21H,7-10,13H2,1H3,(H,22,24)/t14-/m0/s1. The van der Waals surface area contributed by atoms with Gasteiger partial charge in [0.05, 0.1) is 18.1 Å². The van der Waals surface area contributed by atoms with Crippen molar-refractivity contribution in [1.29, 1.82) is 0 Å². The molecular formula is C20H23N3O6S. The molecule has 2 aliphatic heterocycles. The van der Waals surface area contributed by atoms with E-state index >= 15 is 0 Å². The third-order valence-corrected chi connectivity index (χ3v) is 6.75. The molecule has 1 atom stereocenters. The highest BCUT2D eigenvalue weighted by Gasteiger charge is 2.26. The SMILES string of the molecule is C[C@H](Nc1ccc2c(c1)OCO2)C(=O)Nc1cccc(S(=O)(=O)N2CCOCC2)c1. The van der Waals surface area contributed by atoms with Crippen molar-refractivity contribution in [2.45, 2.75) is 17.9 Å². The lowest BCUT2D eigenvalue weighted by Gasteiger charge is -2.26. The van der Waals surface area contributed by atoms with Gasteiger partial charge in [0, 0.05) is 30.5 Å². The fraction of sp³-hybridized carbons (Fsp3) is 0.350. The summed E-state index contributed by atoms with van der Waals surface area (Å²) in [6.07, 6.45) is 0. The van der Waals surface area contributed by atoms with Gasteiger partial charge >= 0.3 is 0 Å². The zero-order chi connectivity index (χ0) is 21.1. The zero-order valence-electron chi connectivity index (χ0n) is 16.5. The van der Waals surface area contributed by atoms with Crippen LogP contribution in [0.5, 0.6) is 11.5 Å². The first kappa shape index (κ1) is 20.5. The summed E-state index contributed by atoms with van der Waals surface area (Å²) in [4.78, 5) is 12.7. The minimum Gasteiger partial charge on any atom is -0.454 e. The Morgan fingerprint density at radius 1 is 1.03 bits per heavy atom. The molecule has 4 rings (SSSR count). The number of hydrogen-bond acceptors (Lipinski definition) is 7. The van der Waals surface area contributed by atoms with E-state index < -0.39 is 16.1 Å². The molecule has 0 aromatic heterocycles. The van der Waals surface area contributed by atoms with E-state index in [0.29, 0.717) is 49.2 Å². The first-order valence-electron chi connectivity index (χ1n) is 9.58. The molecule has 1 amide bonds. The first-order valence-corrected chi connectivity index (χ1v) is 11.0. The number of carbonyl (C=O) groups is 1. The fourth-order valence-corrected chi connectivity index (χ4v) is 4.68. The summed E-state index contributed by atoms with van der Waals surface area (Å²) in [5.74, 6) is 0.984. The minimum atomic E-state index is -3.63. The maximum Gasteiger partial charge on any atom is 0.246 e. The molecule has 1 saturated heterocycles. The summed E-state index contributed by atoms with van der Waals surface area (Å²) in [7, 11) is -3.63. The van der Waals surface area contributed by atoms with E-state index in [4.69, 9.17) is 14.2 Å². The van der Waals surface area contributed by atoms with Gasteiger partial charge in [0.25, 0.3) is 0 Å². The van der Waals surface area contributed by atoms with Gasteiger partial charge in [-0.05, 0) is 37.3 Å². The van der Waals surface area contributed by atoms with Crippen LogP contribution in [0.15, 0.2) is 47.4 Å². The minimum absolute atomic E-state index is 0.138. The Morgan fingerprint density at radius 2 is 1.80 bits per heavy atom. The van der Waals surface area contributed by atoms with Gasteiger partial charge in [0.1, 0.15) is 6.04 Å². The van der Waals surface area contributed by atoms with Crippen LogP contribution in [-0.4, -0.2) is 57.8 Å². The molecule has 160 valence electrons. The molecule has 0 bridgehead atoms. The molecule has 2 aromatic carbocycles. The van der Waals surface area contributed by atoms with Gasteiger partial charge in [-0.3, -0.25) is 4.79 Å². The number of sulfonamides is 1. The second kappa shape index (κ2) is 8.50. The van der Waals surface area contributed by atoms with Crippen molar-refractivity contribution in [2.75, 3.05) is 43.7 Å². The van der Waals surface area contributed by atoms with Crippen molar-refractivity contribution in [3.63, 3.8) is 0 Å². The summed E-state index contributed by atoms with van der Waals surface area (Å²) in [5, 5.41) is 5.86. The molecule has 0 unspecified atom stereocenters. The number of amides is 1. The predicted molar refractivity (Wildman–Crippen MR) is 110 cm³/mol. The van der Waals surface area contributed by atoms with Crippen molar-refractivity contribution in [2.24, 2.45) is 0 Å². The lowest BCUT2D eigenvalue weighted by molar-refractivity contribution is -0.116. The zero-order valence-corrected chi connectivity index (χ0v) is 17.3. The van der Waals surface area contributed by atoms with Gasteiger partial charge in [0.15, 0.2) is 11.5 Å². The van der Waals surface area contributed by atoms with Gasteiger partial charge in [0.2, 0.25) is 22.7 Å². The van der Waals surface area contributed by atoms with Crippen LogP contribution in [0.4, 0.5) is 11.4 Å². The molecule has 0 aliphatic carbocycles. The molecule has 0 saturated carbocycles. The molecule has 30 heavy (non-hydrogen) atoms. The summed E-state index contributed by atoms with van der Waals surface area (Å²) in [6.45, 7) is 3.27. The van der Waals surface area contributed by atoms with E-state index in [1.807, 2.05) is 0 Å². The second-order valence-corrected chi connectivity index (χ2v) is 8.91. The van der Waals surface area contributed by atoms with Gasteiger partial charge in [-0.25, -0.2) is 8.42 Å². The molecule has 2 aromatic rings. The number of hydrogen-bond donors (Lipinski definition) is 2. The highest BCUT2D eigenvalue weighted by molar-refractivity contribution is 7.89. The van der Waals surface area contributed by atoms with Crippen LogP contribution in [0.3, 0.4) is 0 Å². The van der Waals surface area contributed by atoms with Crippen LogP contribution in [-0.2, 0) is 19.6 Å². The maximum absolute atomic E-state index is 12.8. The Bertz CT molecular complexity index is 1040. The quantitative estimate of drug-likeness (QED) is 0.716. The normalized spacial score (nSPS) is 17.4. The van der Waals surface area contributed by atoms with Crippen LogP contribution >= 0.6 is 0 Å². The van der Waals surface area contributed by atoms with E-state index in [1.165, 1.54) is 16.4 Å². The number of anilines is 2. The number of nitrogens with zero attached hydrogens (tertiary/aromatic N) is 1. The second-order valence-electron chi connectivity index (χ2n) is 6.97. The number of benzene rings is 2. The topological polar surface area (TPSA) is 106 Å². The fourth-order valence-electron chi connectivity index (χ4n) is 3.22. The molecule has 10 heteroatoms. The molecule has 2 heterocycles. The average molecular weight is 433 g/mol. The first-order chi connectivity index (χ1) is 14.4. The van der Waals surface area contributed by atoms with E-state index in [-0.39, 0.29) is 17.6 Å². The molecule has 9 nitrogen and oxygen atoms in total. The van der Waals surface area contributed by atoms with Gasteiger partial charge < -0.3 is 24.8 Å². The van der Waals surface area contributed by atoms with Crippen LogP contribution in [0.1, 0.15) is 6.92 Å². The summed E-state index contributed by atoms with van der Waals surface area (Å²) in [5.41, 5.74) is 1.12.